The molecule has 2 aromatic carbocycles. The summed E-state index contributed by atoms with van der Waals surface area (Å²) in [6.45, 7) is 0.118. The standard InChI is InChI=1S/C25H22F7N3O3/c26-20-3-1-17(2-4-20)23(6-9-35(10-7-23)34-22(36)21-5-8-33-38-21)15-37-14-16-11-18(24(27,28)29)13-19(12-16)25(30,31)32/h1-5,8,11-13H,6-7,9-10,14-15H2,(H,34,36). The first-order chi connectivity index (χ1) is 17.9. The number of carbonyl (C=O) groups is 1. The van der Waals surface area contributed by atoms with Crippen LogP contribution in [-0.2, 0) is 29.1 Å². The third-order valence-corrected chi connectivity index (χ3v) is 6.39. The van der Waals surface area contributed by atoms with Crippen molar-refractivity contribution >= 4 is 5.91 Å². The normalized spacial score (nSPS) is 16.4. The van der Waals surface area contributed by atoms with Crippen molar-refractivity contribution in [2.24, 2.45) is 0 Å². The minimum atomic E-state index is -4.96. The molecule has 0 spiro atoms. The van der Waals surface area contributed by atoms with Gasteiger partial charge in [0.25, 0.3) is 0 Å². The highest BCUT2D eigenvalue weighted by molar-refractivity contribution is 5.90. The highest BCUT2D eigenvalue weighted by Crippen LogP contribution is 2.38. The summed E-state index contributed by atoms with van der Waals surface area (Å²) in [5.74, 6) is -0.953. The Balaban J connectivity index is 1.49. The molecule has 0 saturated carbocycles. The van der Waals surface area contributed by atoms with E-state index in [1.54, 1.807) is 17.1 Å². The third kappa shape index (κ3) is 6.51. The van der Waals surface area contributed by atoms with Crippen LogP contribution in [0.5, 0.6) is 0 Å². The SMILES string of the molecule is O=C(NN1CCC(COCc2cc(C(F)(F)F)cc(C(F)(F)F)c2)(c2ccc(F)cc2)CC1)c1ccno1. The largest absolute Gasteiger partial charge is 0.416 e. The lowest BCUT2D eigenvalue weighted by Gasteiger charge is -2.42. The van der Waals surface area contributed by atoms with Gasteiger partial charge >= 0.3 is 18.3 Å². The number of hydrazine groups is 1. The van der Waals surface area contributed by atoms with E-state index in [2.05, 4.69) is 10.6 Å². The van der Waals surface area contributed by atoms with E-state index in [0.717, 1.165) is 0 Å². The first-order valence-electron chi connectivity index (χ1n) is 11.4. The van der Waals surface area contributed by atoms with Crippen LogP contribution in [0, 0.1) is 5.82 Å². The third-order valence-electron chi connectivity index (χ3n) is 6.39. The van der Waals surface area contributed by atoms with Crippen LogP contribution < -0.4 is 5.43 Å². The van der Waals surface area contributed by atoms with Gasteiger partial charge in [0, 0.05) is 24.6 Å². The van der Waals surface area contributed by atoms with Crippen LogP contribution in [0.25, 0.3) is 0 Å². The highest BCUT2D eigenvalue weighted by Gasteiger charge is 2.39. The summed E-state index contributed by atoms with van der Waals surface area (Å²) in [5, 5.41) is 5.12. The number of halogens is 7. The van der Waals surface area contributed by atoms with Crippen LogP contribution in [0.1, 0.15) is 45.7 Å². The number of benzene rings is 2. The molecule has 1 aliphatic heterocycles. The minimum absolute atomic E-state index is 0.0167. The van der Waals surface area contributed by atoms with Crippen LogP contribution in [0.3, 0.4) is 0 Å². The van der Waals surface area contributed by atoms with Crippen molar-refractivity contribution < 1.29 is 44.8 Å². The number of ether oxygens (including phenoxy) is 1. The Bertz CT molecular complexity index is 1200. The van der Waals surface area contributed by atoms with E-state index in [4.69, 9.17) is 9.26 Å². The molecule has 0 unspecified atom stereocenters. The molecule has 6 nitrogen and oxygen atoms in total. The van der Waals surface area contributed by atoms with Crippen LogP contribution in [0.4, 0.5) is 30.7 Å². The van der Waals surface area contributed by atoms with Crippen LogP contribution in [-0.4, -0.2) is 35.8 Å². The molecule has 1 fully saturated rings. The monoisotopic (exact) mass is 545 g/mol. The number of piperidine rings is 1. The molecule has 1 saturated heterocycles. The maximum Gasteiger partial charge on any atom is 0.416 e. The van der Waals surface area contributed by atoms with Crippen molar-refractivity contribution in [3.05, 3.63) is 88.6 Å². The molecule has 0 atom stereocenters. The number of nitrogens with zero attached hydrogens (tertiary/aromatic N) is 2. The molecular weight excluding hydrogens is 523 g/mol. The fraction of sp³-hybridized carbons (Fsp3) is 0.360. The Hall–Kier alpha value is -3.45. The molecule has 1 amide bonds. The molecule has 0 bridgehead atoms. The summed E-state index contributed by atoms with van der Waals surface area (Å²) in [5.41, 5.74) is -0.465. The molecule has 0 aliphatic carbocycles. The molecule has 13 heteroatoms. The number of nitrogens with one attached hydrogen (secondary N) is 1. The van der Waals surface area contributed by atoms with Gasteiger partial charge in [-0.1, -0.05) is 17.3 Å². The fourth-order valence-electron chi connectivity index (χ4n) is 4.36. The smallest absolute Gasteiger partial charge is 0.376 e. The molecule has 4 rings (SSSR count). The molecule has 0 radical (unpaired) electrons. The zero-order chi connectivity index (χ0) is 27.6. The van der Waals surface area contributed by atoms with E-state index in [0.29, 0.717) is 43.6 Å². The van der Waals surface area contributed by atoms with E-state index < -0.39 is 47.2 Å². The summed E-state index contributed by atoms with van der Waals surface area (Å²) in [7, 11) is 0. The van der Waals surface area contributed by atoms with Gasteiger partial charge in [0.1, 0.15) is 5.82 Å². The van der Waals surface area contributed by atoms with Gasteiger partial charge in [-0.15, -0.1) is 0 Å². The Morgan fingerprint density at radius 1 is 0.974 bits per heavy atom. The second-order valence-electron chi connectivity index (χ2n) is 9.00. The molecule has 204 valence electrons. The minimum Gasteiger partial charge on any atom is -0.376 e. The molecule has 38 heavy (non-hydrogen) atoms. The Morgan fingerprint density at radius 3 is 2.11 bits per heavy atom. The van der Waals surface area contributed by atoms with Gasteiger partial charge < -0.3 is 9.26 Å². The average Bonchev–Trinajstić information content (AvgIpc) is 3.40. The van der Waals surface area contributed by atoms with Crippen molar-refractivity contribution in [2.75, 3.05) is 19.7 Å². The van der Waals surface area contributed by atoms with Crippen LogP contribution in [0.15, 0.2) is 59.3 Å². The van der Waals surface area contributed by atoms with Gasteiger partial charge in [-0.2, -0.15) is 26.3 Å². The second-order valence-corrected chi connectivity index (χ2v) is 9.00. The van der Waals surface area contributed by atoms with Crippen molar-refractivity contribution in [2.45, 2.75) is 37.2 Å². The van der Waals surface area contributed by atoms with Gasteiger partial charge in [0.05, 0.1) is 30.5 Å². The number of carbonyl (C=O) groups excluding carboxylic acids is 1. The predicted octanol–water partition coefficient (Wildman–Crippen LogP) is 5.75. The van der Waals surface area contributed by atoms with Gasteiger partial charge in [-0.05, 0) is 54.3 Å². The maximum atomic E-state index is 13.6. The topological polar surface area (TPSA) is 67.6 Å². The summed E-state index contributed by atoms with van der Waals surface area (Å²) in [4.78, 5) is 12.3. The second kappa shape index (κ2) is 10.7. The number of hydrogen-bond donors (Lipinski definition) is 1. The Labute approximate surface area is 212 Å². The number of hydrogen-bond acceptors (Lipinski definition) is 5. The molecule has 1 aliphatic rings. The van der Waals surface area contributed by atoms with Crippen molar-refractivity contribution in [1.29, 1.82) is 0 Å². The fourth-order valence-corrected chi connectivity index (χ4v) is 4.36. The maximum absolute atomic E-state index is 13.6. The summed E-state index contributed by atoms with van der Waals surface area (Å²) >= 11 is 0. The van der Waals surface area contributed by atoms with Crippen LogP contribution in [0.2, 0.25) is 0 Å². The molecule has 3 aromatic rings. The van der Waals surface area contributed by atoms with E-state index in [9.17, 15) is 35.5 Å². The van der Waals surface area contributed by atoms with Crippen molar-refractivity contribution in [3.63, 3.8) is 0 Å². The van der Waals surface area contributed by atoms with E-state index in [-0.39, 0.29) is 24.0 Å². The molecule has 1 N–H and O–H groups in total. The molecule has 1 aromatic heterocycles. The van der Waals surface area contributed by atoms with Gasteiger partial charge in [0.2, 0.25) is 5.76 Å². The van der Waals surface area contributed by atoms with E-state index in [1.807, 2.05) is 0 Å². The summed E-state index contributed by atoms with van der Waals surface area (Å²) in [6.07, 6.45) is -7.82. The van der Waals surface area contributed by atoms with Gasteiger partial charge in [0.15, 0.2) is 0 Å². The molecule has 2 heterocycles. The first-order valence-corrected chi connectivity index (χ1v) is 11.4. The van der Waals surface area contributed by atoms with Crippen molar-refractivity contribution in [1.82, 2.24) is 15.6 Å². The highest BCUT2D eigenvalue weighted by atomic mass is 19.4. The number of alkyl halides is 6. The van der Waals surface area contributed by atoms with Crippen molar-refractivity contribution in [3.8, 4) is 0 Å². The van der Waals surface area contributed by atoms with E-state index >= 15 is 0 Å². The average molecular weight is 545 g/mol. The quantitative estimate of drug-likeness (QED) is 0.384. The summed E-state index contributed by atoms with van der Waals surface area (Å²) in [6, 6.07) is 8.36. The number of rotatable bonds is 7. The van der Waals surface area contributed by atoms with Crippen LogP contribution >= 0.6 is 0 Å². The first kappa shape index (κ1) is 27.6. The van der Waals surface area contributed by atoms with Gasteiger partial charge in [-0.25, -0.2) is 9.40 Å². The number of amides is 1. The lowest BCUT2D eigenvalue weighted by Crippen LogP contribution is -2.51. The molecular formula is C25H22F7N3O3. The lowest BCUT2D eigenvalue weighted by atomic mass is 9.73. The van der Waals surface area contributed by atoms with Gasteiger partial charge in [-0.3, -0.25) is 10.2 Å². The zero-order valence-electron chi connectivity index (χ0n) is 19.7. The Kier molecular flexibility index (Phi) is 7.79. The Morgan fingerprint density at radius 2 is 1.58 bits per heavy atom. The lowest BCUT2D eigenvalue weighted by molar-refractivity contribution is -0.143. The predicted molar refractivity (Wildman–Crippen MR) is 119 cm³/mol. The van der Waals surface area contributed by atoms with E-state index in [1.165, 1.54) is 24.4 Å². The summed E-state index contributed by atoms with van der Waals surface area (Å²) < 4.78 is 103. The number of aromatic nitrogens is 1. The zero-order valence-corrected chi connectivity index (χ0v) is 19.7.